The molecule has 2 heterocycles. The van der Waals surface area contributed by atoms with Crippen LogP contribution in [-0.4, -0.2) is 36.7 Å². The maximum absolute atomic E-state index is 13.3. The molecule has 4 rings (SSSR count). The Hall–Kier alpha value is -3.23. The summed E-state index contributed by atoms with van der Waals surface area (Å²) in [5.41, 5.74) is 4.13. The lowest BCUT2D eigenvalue weighted by Crippen LogP contribution is -2.41. The molecule has 8 heteroatoms. The zero-order valence-electron chi connectivity index (χ0n) is 20.5. The third kappa shape index (κ3) is 5.55. The molecule has 1 aliphatic rings. The highest BCUT2D eigenvalue weighted by Gasteiger charge is 2.33. The Kier molecular flexibility index (Phi) is 7.23. The maximum atomic E-state index is 13.3. The van der Waals surface area contributed by atoms with Gasteiger partial charge >= 0.3 is 0 Å². The van der Waals surface area contributed by atoms with Crippen LogP contribution < -0.4 is 10.1 Å². The summed E-state index contributed by atoms with van der Waals surface area (Å²) in [4.78, 5) is 17.3. The number of ether oxygens (including phenoxy) is 1. The number of aromatic nitrogens is 1. The molecule has 0 saturated carbocycles. The summed E-state index contributed by atoms with van der Waals surface area (Å²) >= 11 is 0. The van der Waals surface area contributed by atoms with Crippen LogP contribution in [0.25, 0.3) is 0 Å². The molecular weight excluding hydrogens is 462 g/mol. The second-order valence-electron chi connectivity index (χ2n) is 9.17. The van der Waals surface area contributed by atoms with Crippen molar-refractivity contribution in [3.8, 4) is 11.5 Å². The van der Waals surface area contributed by atoms with E-state index in [1.807, 2.05) is 58.0 Å². The lowest BCUT2D eigenvalue weighted by molar-refractivity contribution is -0.120. The Morgan fingerprint density at radius 1 is 1.00 bits per heavy atom. The molecule has 1 aliphatic heterocycles. The van der Waals surface area contributed by atoms with Gasteiger partial charge in [0.15, 0.2) is 0 Å². The van der Waals surface area contributed by atoms with Crippen LogP contribution in [-0.2, 0) is 14.8 Å². The normalized spacial score (nSPS) is 15.1. The molecule has 1 N–H and O–H groups in total. The van der Waals surface area contributed by atoms with Crippen molar-refractivity contribution in [1.29, 1.82) is 0 Å². The second-order valence-corrected chi connectivity index (χ2v) is 11.0. The average molecular weight is 494 g/mol. The van der Waals surface area contributed by atoms with Gasteiger partial charge < -0.3 is 10.1 Å². The Balaban J connectivity index is 1.38. The van der Waals surface area contributed by atoms with Gasteiger partial charge in [-0.1, -0.05) is 17.7 Å². The monoisotopic (exact) mass is 493 g/mol. The standard InChI is InChI=1S/C27H31N3O4S/c1-18-14-20(3)26(21(4)15-18)35(32,33)30-12-9-22(10-13-30)27(31)29-23-7-8-25(19(2)16-23)34-24-6-5-11-28-17-24/h5-8,11,14-17,22H,9-10,12-13H2,1-4H3,(H,29,31). The zero-order chi connectivity index (χ0) is 25.2. The molecule has 3 aromatic rings. The molecule has 35 heavy (non-hydrogen) atoms. The number of sulfonamides is 1. The van der Waals surface area contributed by atoms with Crippen LogP contribution in [0.4, 0.5) is 5.69 Å². The molecule has 0 radical (unpaired) electrons. The van der Waals surface area contributed by atoms with Crippen molar-refractivity contribution in [3.63, 3.8) is 0 Å². The molecule has 1 fully saturated rings. The first-order valence-corrected chi connectivity index (χ1v) is 13.2. The quantitative estimate of drug-likeness (QED) is 0.513. The van der Waals surface area contributed by atoms with Gasteiger partial charge in [-0.25, -0.2) is 8.42 Å². The van der Waals surface area contributed by atoms with E-state index in [0.29, 0.717) is 48.0 Å². The Morgan fingerprint density at radius 2 is 1.69 bits per heavy atom. The van der Waals surface area contributed by atoms with Crippen LogP contribution in [0.1, 0.15) is 35.1 Å². The molecule has 0 atom stereocenters. The van der Waals surface area contributed by atoms with Crippen molar-refractivity contribution in [2.24, 2.45) is 5.92 Å². The fourth-order valence-electron chi connectivity index (χ4n) is 4.68. The number of carbonyl (C=O) groups excluding carboxylic acids is 1. The Bertz CT molecular complexity index is 1310. The van der Waals surface area contributed by atoms with Crippen LogP contribution >= 0.6 is 0 Å². The van der Waals surface area contributed by atoms with E-state index in [2.05, 4.69) is 10.3 Å². The number of nitrogens with zero attached hydrogens (tertiary/aromatic N) is 2. The predicted molar refractivity (Wildman–Crippen MR) is 136 cm³/mol. The number of aryl methyl sites for hydroxylation is 4. The van der Waals surface area contributed by atoms with Gasteiger partial charge in [0.2, 0.25) is 15.9 Å². The molecule has 1 aromatic heterocycles. The molecule has 0 spiro atoms. The summed E-state index contributed by atoms with van der Waals surface area (Å²) < 4.78 is 34.0. The van der Waals surface area contributed by atoms with Gasteiger partial charge in [-0.2, -0.15) is 4.31 Å². The number of pyridine rings is 1. The van der Waals surface area contributed by atoms with E-state index in [4.69, 9.17) is 4.74 Å². The highest BCUT2D eigenvalue weighted by molar-refractivity contribution is 7.89. The summed E-state index contributed by atoms with van der Waals surface area (Å²) in [6.45, 7) is 8.20. The van der Waals surface area contributed by atoms with Crippen LogP contribution in [0.2, 0.25) is 0 Å². The van der Waals surface area contributed by atoms with Crippen molar-refractivity contribution in [3.05, 3.63) is 77.1 Å². The smallest absolute Gasteiger partial charge is 0.243 e. The van der Waals surface area contributed by atoms with E-state index in [1.54, 1.807) is 24.5 Å². The van der Waals surface area contributed by atoms with Gasteiger partial charge in [-0.3, -0.25) is 9.78 Å². The zero-order valence-corrected chi connectivity index (χ0v) is 21.4. The van der Waals surface area contributed by atoms with E-state index in [1.165, 1.54) is 4.31 Å². The molecule has 184 valence electrons. The average Bonchev–Trinajstić information content (AvgIpc) is 2.81. The van der Waals surface area contributed by atoms with E-state index in [0.717, 1.165) is 22.3 Å². The molecule has 0 unspecified atom stereocenters. The number of hydrogen-bond acceptors (Lipinski definition) is 5. The van der Waals surface area contributed by atoms with Crippen molar-refractivity contribution in [2.45, 2.75) is 45.4 Å². The third-order valence-corrected chi connectivity index (χ3v) is 8.54. The first-order valence-electron chi connectivity index (χ1n) is 11.7. The number of benzene rings is 2. The van der Waals surface area contributed by atoms with Crippen LogP contribution in [0, 0.1) is 33.6 Å². The number of hydrogen-bond donors (Lipinski definition) is 1. The number of amides is 1. The topological polar surface area (TPSA) is 88.6 Å². The molecule has 1 saturated heterocycles. The van der Waals surface area contributed by atoms with Crippen LogP contribution in [0.5, 0.6) is 11.5 Å². The molecule has 2 aromatic carbocycles. The van der Waals surface area contributed by atoms with Gasteiger partial charge in [-0.05, 0) is 87.6 Å². The van der Waals surface area contributed by atoms with Crippen molar-refractivity contribution < 1.29 is 17.9 Å². The highest BCUT2D eigenvalue weighted by Crippen LogP contribution is 2.30. The summed E-state index contributed by atoms with van der Waals surface area (Å²) in [6, 6.07) is 12.9. The lowest BCUT2D eigenvalue weighted by Gasteiger charge is -2.31. The number of piperidine rings is 1. The minimum absolute atomic E-state index is 0.0925. The van der Waals surface area contributed by atoms with E-state index in [-0.39, 0.29) is 11.8 Å². The maximum Gasteiger partial charge on any atom is 0.243 e. The van der Waals surface area contributed by atoms with Gasteiger partial charge in [0.25, 0.3) is 0 Å². The van der Waals surface area contributed by atoms with Crippen molar-refractivity contribution in [1.82, 2.24) is 9.29 Å². The van der Waals surface area contributed by atoms with E-state index >= 15 is 0 Å². The minimum Gasteiger partial charge on any atom is -0.455 e. The van der Waals surface area contributed by atoms with E-state index in [9.17, 15) is 13.2 Å². The third-order valence-electron chi connectivity index (χ3n) is 6.33. The molecular formula is C27H31N3O4S. The first kappa shape index (κ1) is 24.9. The number of carbonyl (C=O) groups is 1. The van der Waals surface area contributed by atoms with Crippen molar-refractivity contribution in [2.75, 3.05) is 18.4 Å². The van der Waals surface area contributed by atoms with Crippen LogP contribution in [0.15, 0.2) is 59.8 Å². The SMILES string of the molecule is Cc1cc(C)c(S(=O)(=O)N2CCC(C(=O)Nc3ccc(Oc4cccnc4)c(C)c3)CC2)c(C)c1. The summed E-state index contributed by atoms with van der Waals surface area (Å²) in [5, 5.41) is 2.98. The van der Waals surface area contributed by atoms with Gasteiger partial charge in [0, 0.05) is 30.9 Å². The number of anilines is 1. The number of rotatable bonds is 6. The first-order chi connectivity index (χ1) is 16.6. The highest BCUT2D eigenvalue weighted by atomic mass is 32.2. The summed E-state index contributed by atoms with van der Waals surface area (Å²) in [6.07, 6.45) is 4.29. The molecule has 0 bridgehead atoms. The van der Waals surface area contributed by atoms with Gasteiger partial charge in [0.05, 0.1) is 11.1 Å². The van der Waals surface area contributed by atoms with Crippen molar-refractivity contribution >= 4 is 21.6 Å². The largest absolute Gasteiger partial charge is 0.455 e. The Labute approximate surface area is 207 Å². The van der Waals surface area contributed by atoms with Crippen LogP contribution in [0.3, 0.4) is 0 Å². The van der Waals surface area contributed by atoms with Gasteiger partial charge in [0.1, 0.15) is 11.5 Å². The fraction of sp³-hybridized carbons (Fsp3) is 0.333. The lowest BCUT2D eigenvalue weighted by atomic mass is 9.97. The second kappa shape index (κ2) is 10.2. The summed E-state index contributed by atoms with van der Waals surface area (Å²) in [5.74, 6) is 1.000. The predicted octanol–water partition coefficient (Wildman–Crippen LogP) is 5.15. The van der Waals surface area contributed by atoms with E-state index < -0.39 is 10.0 Å². The minimum atomic E-state index is -3.60. The fourth-order valence-corrected chi connectivity index (χ4v) is 6.56. The number of nitrogens with one attached hydrogen (secondary N) is 1. The summed E-state index contributed by atoms with van der Waals surface area (Å²) in [7, 11) is -3.60. The molecule has 0 aliphatic carbocycles. The Morgan fingerprint density at radius 3 is 2.29 bits per heavy atom. The van der Waals surface area contributed by atoms with Gasteiger partial charge in [-0.15, -0.1) is 0 Å². The molecule has 7 nitrogen and oxygen atoms in total. The molecule has 1 amide bonds.